The van der Waals surface area contributed by atoms with Crippen molar-refractivity contribution < 1.29 is 9.59 Å². The lowest BCUT2D eigenvalue weighted by Gasteiger charge is -2.43. The molecule has 0 unspecified atom stereocenters. The van der Waals surface area contributed by atoms with Gasteiger partial charge in [-0.3, -0.25) is 14.7 Å². The van der Waals surface area contributed by atoms with E-state index in [0.29, 0.717) is 29.5 Å². The highest BCUT2D eigenvalue weighted by Crippen LogP contribution is 2.37. The number of nitrogens with zero attached hydrogens (tertiary/aromatic N) is 2. The number of nitrogens with one attached hydrogen (secondary N) is 2. The fraction of sp³-hybridized carbons (Fsp3) is 0.389. The number of aromatic amines is 1. The van der Waals surface area contributed by atoms with Crippen molar-refractivity contribution in [3.63, 3.8) is 0 Å². The van der Waals surface area contributed by atoms with Gasteiger partial charge < -0.3 is 10.2 Å². The fourth-order valence-electron chi connectivity index (χ4n) is 3.88. The smallest absolute Gasteiger partial charge is 0.272 e. The van der Waals surface area contributed by atoms with Crippen LogP contribution in [0.2, 0.25) is 5.02 Å². The van der Waals surface area contributed by atoms with Crippen molar-refractivity contribution in [3.8, 4) is 11.3 Å². The Morgan fingerprint density at radius 1 is 1.20 bits per heavy atom. The number of halogens is 1. The van der Waals surface area contributed by atoms with Crippen LogP contribution < -0.4 is 5.32 Å². The molecule has 1 aliphatic heterocycles. The second-order valence-corrected chi connectivity index (χ2v) is 7.06. The fourth-order valence-corrected chi connectivity index (χ4v) is 4.01. The van der Waals surface area contributed by atoms with E-state index < -0.39 is 5.54 Å². The van der Waals surface area contributed by atoms with Crippen LogP contribution in [-0.2, 0) is 4.79 Å². The lowest BCUT2D eigenvalue weighted by atomic mass is 9.91. The summed E-state index contributed by atoms with van der Waals surface area (Å²) in [6.07, 6.45) is 3.39. The molecule has 0 atom stereocenters. The highest BCUT2D eigenvalue weighted by atomic mass is 35.5. The predicted molar refractivity (Wildman–Crippen MR) is 94.3 cm³/mol. The zero-order chi connectivity index (χ0) is 17.4. The van der Waals surface area contributed by atoms with E-state index in [1.807, 2.05) is 12.1 Å². The molecule has 1 saturated heterocycles. The van der Waals surface area contributed by atoms with Gasteiger partial charge in [-0.1, -0.05) is 36.6 Å². The van der Waals surface area contributed by atoms with Gasteiger partial charge in [-0.15, -0.1) is 0 Å². The zero-order valence-corrected chi connectivity index (χ0v) is 14.5. The number of carbonyl (C=O) groups is 2. The molecule has 6 nitrogen and oxygen atoms in total. The molecule has 1 spiro atoms. The van der Waals surface area contributed by atoms with Gasteiger partial charge in [0.15, 0.2) is 0 Å². The number of benzene rings is 1. The van der Waals surface area contributed by atoms with Gasteiger partial charge in [-0.25, -0.2) is 0 Å². The average molecular weight is 359 g/mol. The Balaban J connectivity index is 1.62. The summed E-state index contributed by atoms with van der Waals surface area (Å²) >= 11 is 5.91. The van der Waals surface area contributed by atoms with Gasteiger partial charge in [-0.05, 0) is 31.0 Å². The van der Waals surface area contributed by atoms with E-state index in [-0.39, 0.29) is 11.8 Å². The van der Waals surface area contributed by atoms with Crippen LogP contribution in [0.3, 0.4) is 0 Å². The van der Waals surface area contributed by atoms with Gasteiger partial charge in [0.1, 0.15) is 11.2 Å². The van der Waals surface area contributed by atoms with E-state index in [1.165, 1.54) is 0 Å². The summed E-state index contributed by atoms with van der Waals surface area (Å²) in [5.41, 5.74) is 1.28. The summed E-state index contributed by atoms with van der Waals surface area (Å²) in [6.45, 7) is 1.02. The molecule has 1 aromatic heterocycles. The third-order valence-electron chi connectivity index (χ3n) is 5.18. The van der Waals surface area contributed by atoms with Gasteiger partial charge in [0.25, 0.3) is 5.91 Å². The molecule has 2 amide bonds. The molecule has 1 saturated carbocycles. The van der Waals surface area contributed by atoms with Crippen molar-refractivity contribution in [3.05, 3.63) is 41.0 Å². The molecule has 4 rings (SSSR count). The van der Waals surface area contributed by atoms with Crippen molar-refractivity contribution in [1.29, 1.82) is 0 Å². The predicted octanol–water partition coefficient (Wildman–Crippen LogP) is 2.61. The molecule has 2 aliphatic rings. The summed E-state index contributed by atoms with van der Waals surface area (Å²) in [5.74, 6) is -0.188. The second kappa shape index (κ2) is 6.19. The van der Waals surface area contributed by atoms with Gasteiger partial charge >= 0.3 is 0 Å². The van der Waals surface area contributed by atoms with E-state index in [2.05, 4.69) is 15.5 Å². The van der Waals surface area contributed by atoms with Crippen molar-refractivity contribution in [2.45, 2.75) is 31.2 Å². The molecule has 7 heteroatoms. The number of H-pyrrole nitrogens is 1. The van der Waals surface area contributed by atoms with E-state index in [9.17, 15) is 9.59 Å². The number of rotatable bonds is 2. The lowest BCUT2D eigenvalue weighted by Crippen LogP contribution is -2.65. The van der Waals surface area contributed by atoms with Crippen LogP contribution >= 0.6 is 11.6 Å². The topological polar surface area (TPSA) is 78.1 Å². The zero-order valence-electron chi connectivity index (χ0n) is 13.7. The Hall–Kier alpha value is -2.34. The Bertz CT molecular complexity index is 809. The number of carbonyl (C=O) groups excluding carboxylic acids is 2. The maximum atomic E-state index is 13.1. The molecular formula is C18H19ClN4O2. The Morgan fingerprint density at radius 3 is 2.64 bits per heavy atom. The van der Waals surface area contributed by atoms with Crippen molar-refractivity contribution in [2.75, 3.05) is 13.1 Å². The standard InChI is InChI=1S/C18H19ClN4O2/c19-13-5-3-12(4-6-13)14-11-15(22-21-14)16(24)23-10-9-20-17(25)18(23)7-1-2-8-18/h3-6,11H,1-2,7-10H2,(H,20,25)(H,21,22). The van der Waals surface area contributed by atoms with Crippen LogP contribution in [0.25, 0.3) is 11.3 Å². The van der Waals surface area contributed by atoms with E-state index >= 15 is 0 Å². The molecule has 25 heavy (non-hydrogen) atoms. The minimum absolute atomic E-state index is 0.0259. The monoisotopic (exact) mass is 358 g/mol. The van der Waals surface area contributed by atoms with Crippen LogP contribution in [0.4, 0.5) is 0 Å². The van der Waals surface area contributed by atoms with Gasteiger partial charge in [0.05, 0.1) is 5.69 Å². The average Bonchev–Trinajstić information content (AvgIpc) is 3.28. The number of piperazine rings is 1. The molecule has 1 aromatic carbocycles. The molecule has 2 heterocycles. The summed E-state index contributed by atoms with van der Waals surface area (Å²) in [7, 11) is 0. The largest absolute Gasteiger partial charge is 0.352 e. The molecule has 1 aliphatic carbocycles. The van der Waals surface area contributed by atoms with Gasteiger partial charge in [0, 0.05) is 23.7 Å². The van der Waals surface area contributed by atoms with E-state index in [0.717, 1.165) is 31.2 Å². The molecule has 2 N–H and O–H groups in total. The normalized spacial score (nSPS) is 19.2. The molecule has 130 valence electrons. The maximum absolute atomic E-state index is 13.1. The van der Waals surface area contributed by atoms with E-state index in [4.69, 9.17) is 11.6 Å². The first kappa shape index (κ1) is 16.1. The number of aromatic nitrogens is 2. The maximum Gasteiger partial charge on any atom is 0.272 e. The molecular weight excluding hydrogens is 340 g/mol. The second-order valence-electron chi connectivity index (χ2n) is 6.63. The third kappa shape index (κ3) is 2.70. The first-order valence-electron chi connectivity index (χ1n) is 8.52. The Kier molecular flexibility index (Phi) is 4.00. The quantitative estimate of drug-likeness (QED) is 0.866. The Labute approximate surface area is 150 Å². The van der Waals surface area contributed by atoms with Crippen molar-refractivity contribution >= 4 is 23.4 Å². The Morgan fingerprint density at radius 2 is 1.92 bits per heavy atom. The first-order chi connectivity index (χ1) is 12.1. The number of amides is 2. The highest BCUT2D eigenvalue weighted by molar-refractivity contribution is 6.30. The summed E-state index contributed by atoms with van der Waals surface area (Å²) in [5, 5.41) is 10.6. The van der Waals surface area contributed by atoms with E-state index in [1.54, 1.807) is 23.1 Å². The van der Waals surface area contributed by atoms with Gasteiger partial charge in [-0.2, -0.15) is 5.10 Å². The van der Waals surface area contributed by atoms with Crippen molar-refractivity contribution in [2.24, 2.45) is 0 Å². The minimum atomic E-state index is -0.694. The van der Waals surface area contributed by atoms with Crippen LogP contribution in [0.1, 0.15) is 36.2 Å². The summed E-state index contributed by atoms with van der Waals surface area (Å²) < 4.78 is 0. The molecule has 2 aromatic rings. The highest BCUT2D eigenvalue weighted by Gasteiger charge is 2.50. The summed E-state index contributed by atoms with van der Waals surface area (Å²) in [6, 6.07) is 9.03. The van der Waals surface area contributed by atoms with Crippen LogP contribution in [0.5, 0.6) is 0 Å². The molecule has 2 fully saturated rings. The van der Waals surface area contributed by atoms with Gasteiger partial charge in [0.2, 0.25) is 5.91 Å². The minimum Gasteiger partial charge on any atom is -0.352 e. The molecule has 0 radical (unpaired) electrons. The SMILES string of the molecule is O=C(c1cc(-c2ccc(Cl)cc2)n[nH]1)N1CCNC(=O)C12CCCC2. The van der Waals surface area contributed by atoms with Crippen LogP contribution in [-0.4, -0.2) is 45.5 Å². The lowest BCUT2D eigenvalue weighted by molar-refractivity contribution is -0.134. The number of hydrogen-bond donors (Lipinski definition) is 2. The van der Waals surface area contributed by atoms with Crippen molar-refractivity contribution in [1.82, 2.24) is 20.4 Å². The molecule has 0 bridgehead atoms. The first-order valence-corrected chi connectivity index (χ1v) is 8.90. The van der Waals surface area contributed by atoms with Crippen LogP contribution in [0.15, 0.2) is 30.3 Å². The number of hydrogen-bond acceptors (Lipinski definition) is 3. The van der Waals surface area contributed by atoms with Crippen LogP contribution in [0, 0.1) is 0 Å². The summed E-state index contributed by atoms with van der Waals surface area (Å²) in [4.78, 5) is 27.3. The third-order valence-corrected chi connectivity index (χ3v) is 5.44.